The zero-order chi connectivity index (χ0) is 14.5. The summed E-state index contributed by atoms with van der Waals surface area (Å²) in [7, 11) is 0. The Morgan fingerprint density at radius 1 is 1.20 bits per heavy atom. The number of halogens is 2. The van der Waals surface area contributed by atoms with Crippen LogP contribution in [0.15, 0.2) is 47.5 Å². The summed E-state index contributed by atoms with van der Waals surface area (Å²) in [5.74, 6) is 0.316. The second kappa shape index (κ2) is 6.78. The SMILES string of the molecule is CC(CN=Cc1cc(Cl)cc(Cl)c1O)c1ccccc1. The van der Waals surface area contributed by atoms with Gasteiger partial charge in [-0.2, -0.15) is 0 Å². The van der Waals surface area contributed by atoms with Gasteiger partial charge in [-0.1, -0.05) is 60.5 Å². The number of hydrogen-bond donors (Lipinski definition) is 1. The number of rotatable bonds is 4. The van der Waals surface area contributed by atoms with Gasteiger partial charge in [0.05, 0.1) is 5.02 Å². The van der Waals surface area contributed by atoms with Gasteiger partial charge in [-0.25, -0.2) is 0 Å². The van der Waals surface area contributed by atoms with E-state index in [1.807, 2.05) is 18.2 Å². The molecule has 0 saturated heterocycles. The first-order valence-electron chi connectivity index (χ1n) is 6.30. The molecule has 0 aliphatic rings. The topological polar surface area (TPSA) is 32.6 Å². The maximum atomic E-state index is 9.82. The van der Waals surface area contributed by atoms with Crippen LogP contribution in [0.5, 0.6) is 5.75 Å². The summed E-state index contributed by atoms with van der Waals surface area (Å²) < 4.78 is 0. The smallest absolute Gasteiger partial charge is 0.143 e. The fraction of sp³-hybridized carbons (Fsp3) is 0.188. The Morgan fingerprint density at radius 2 is 1.90 bits per heavy atom. The van der Waals surface area contributed by atoms with Crippen molar-refractivity contribution in [3.63, 3.8) is 0 Å². The van der Waals surface area contributed by atoms with Gasteiger partial charge in [0.1, 0.15) is 5.75 Å². The lowest BCUT2D eigenvalue weighted by molar-refractivity contribution is 0.474. The van der Waals surface area contributed by atoms with Crippen LogP contribution in [0.3, 0.4) is 0 Å². The molecule has 2 aromatic carbocycles. The predicted octanol–water partition coefficient (Wildman–Crippen LogP) is 4.92. The molecule has 1 atom stereocenters. The van der Waals surface area contributed by atoms with Crippen molar-refractivity contribution in [2.45, 2.75) is 12.8 Å². The van der Waals surface area contributed by atoms with Crippen molar-refractivity contribution in [2.75, 3.05) is 6.54 Å². The number of benzene rings is 2. The molecule has 0 heterocycles. The highest BCUT2D eigenvalue weighted by Gasteiger charge is 2.06. The van der Waals surface area contributed by atoms with Crippen molar-refractivity contribution in [1.29, 1.82) is 0 Å². The zero-order valence-electron chi connectivity index (χ0n) is 11.1. The molecule has 0 fully saturated rings. The van der Waals surface area contributed by atoms with Crippen molar-refractivity contribution >= 4 is 29.4 Å². The number of nitrogens with zero attached hydrogens (tertiary/aromatic N) is 1. The number of hydrogen-bond acceptors (Lipinski definition) is 2. The number of phenolic OH excluding ortho intramolecular Hbond substituents is 1. The van der Waals surface area contributed by atoms with Gasteiger partial charge in [0.15, 0.2) is 0 Å². The van der Waals surface area contributed by atoms with Crippen LogP contribution in [0.2, 0.25) is 10.0 Å². The molecule has 0 aliphatic heterocycles. The highest BCUT2D eigenvalue weighted by molar-refractivity contribution is 6.36. The molecule has 4 heteroatoms. The molecule has 0 radical (unpaired) electrons. The maximum absolute atomic E-state index is 9.82. The highest BCUT2D eigenvalue weighted by atomic mass is 35.5. The molecule has 0 aliphatic carbocycles. The van der Waals surface area contributed by atoms with Crippen molar-refractivity contribution < 1.29 is 5.11 Å². The van der Waals surface area contributed by atoms with Gasteiger partial charge in [0, 0.05) is 29.3 Å². The van der Waals surface area contributed by atoms with E-state index >= 15 is 0 Å². The van der Waals surface area contributed by atoms with Crippen LogP contribution in [0.4, 0.5) is 0 Å². The Balaban J connectivity index is 2.07. The van der Waals surface area contributed by atoms with Gasteiger partial charge >= 0.3 is 0 Å². The molecular formula is C16H15Cl2NO. The van der Waals surface area contributed by atoms with Gasteiger partial charge < -0.3 is 5.11 Å². The number of aromatic hydroxyl groups is 1. The number of phenols is 1. The van der Waals surface area contributed by atoms with Gasteiger partial charge in [0.2, 0.25) is 0 Å². The van der Waals surface area contributed by atoms with Crippen LogP contribution in [0.1, 0.15) is 24.0 Å². The van der Waals surface area contributed by atoms with Gasteiger partial charge in [0.25, 0.3) is 0 Å². The van der Waals surface area contributed by atoms with E-state index < -0.39 is 0 Å². The molecule has 0 bridgehead atoms. The second-order valence-electron chi connectivity index (χ2n) is 4.63. The monoisotopic (exact) mass is 307 g/mol. The lowest BCUT2D eigenvalue weighted by atomic mass is 10.0. The number of aliphatic imine (C=N–C) groups is 1. The highest BCUT2D eigenvalue weighted by Crippen LogP contribution is 2.30. The molecule has 1 unspecified atom stereocenters. The molecule has 0 aromatic heterocycles. The summed E-state index contributed by atoms with van der Waals surface area (Å²) in [6, 6.07) is 13.3. The first kappa shape index (κ1) is 14.9. The third-order valence-electron chi connectivity index (χ3n) is 3.04. The van der Waals surface area contributed by atoms with Crippen molar-refractivity contribution in [3.8, 4) is 5.75 Å². The summed E-state index contributed by atoms with van der Waals surface area (Å²) in [6.07, 6.45) is 1.60. The quantitative estimate of drug-likeness (QED) is 0.799. The minimum atomic E-state index is 0.00665. The van der Waals surface area contributed by atoms with E-state index in [0.29, 0.717) is 23.0 Å². The fourth-order valence-corrected chi connectivity index (χ4v) is 2.39. The molecule has 0 saturated carbocycles. The average molecular weight is 308 g/mol. The minimum absolute atomic E-state index is 0.00665. The average Bonchev–Trinajstić information content (AvgIpc) is 2.44. The van der Waals surface area contributed by atoms with Crippen molar-refractivity contribution in [1.82, 2.24) is 0 Å². The molecule has 104 valence electrons. The van der Waals surface area contributed by atoms with E-state index in [-0.39, 0.29) is 10.8 Å². The molecule has 2 rings (SSSR count). The van der Waals surface area contributed by atoms with E-state index in [2.05, 4.69) is 24.0 Å². The Hall–Kier alpha value is -1.51. The lowest BCUT2D eigenvalue weighted by Gasteiger charge is -2.08. The third kappa shape index (κ3) is 3.75. The molecule has 2 aromatic rings. The van der Waals surface area contributed by atoms with E-state index in [1.54, 1.807) is 12.3 Å². The van der Waals surface area contributed by atoms with E-state index in [4.69, 9.17) is 23.2 Å². The lowest BCUT2D eigenvalue weighted by Crippen LogP contribution is -1.98. The van der Waals surface area contributed by atoms with Crippen LogP contribution >= 0.6 is 23.2 Å². The largest absolute Gasteiger partial charge is 0.506 e. The summed E-state index contributed by atoms with van der Waals surface area (Å²) in [4.78, 5) is 4.36. The Labute approximate surface area is 128 Å². The van der Waals surface area contributed by atoms with Crippen LogP contribution < -0.4 is 0 Å². The maximum Gasteiger partial charge on any atom is 0.143 e. The van der Waals surface area contributed by atoms with Gasteiger partial charge in [-0.05, 0) is 17.7 Å². The molecule has 20 heavy (non-hydrogen) atoms. The van der Waals surface area contributed by atoms with Gasteiger partial charge in [-0.15, -0.1) is 0 Å². The first-order chi connectivity index (χ1) is 9.58. The minimum Gasteiger partial charge on any atom is -0.506 e. The summed E-state index contributed by atoms with van der Waals surface area (Å²) in [5, 5.41) is 10.5. The normalized spacial score (nSPS) is 12.8. The summed E-state index contributed by atoms with van der Waals surface area (Å²) in [6.45, 7) is 2.74. The fourth-order valence-electron chi connectivity index (χ4n) is 1.88. The second-order valence-corrected chi connectivity index (χ2v) is 5.48. The van der Waals surface area contributed by atoms with E-state index in [0.717, 1.165) is 0 Å². The Kier molecular flexibility index (Phi) is 5.05. The van der Waals surface area contributed by atoms with Crippen LogP contribution in [0, 0.1) is 0 Å². The summed E-state index contributed by atoms with van der Waals surface area (Å²) in [5.41, 5.74) is 1.76. The Bertz CT molecular complexity index is 611. The zero-order valence-corrected chi connectivity index (χ0v) is 12.6. The molecule has 0 spiro atoms. The van der Waals surface area contributed by atoms with Crippen molar-refractivity contribution in [2.24, 2.45) is 4.99 Å². The third-order valence-corrected chi connectivity index (χ3v) is 3.54. The molecule has 1 N–H and O–H groups in total. The van der Waals surface area contributed by atoms with E-state index in [9.17, 15) is 5.11 Å². The standard InChI is InChI=1S/C16H15Cl2NO/c1-11(12-5-3-2-4-6-12)9-19-10-13-7-14(17)8-15(18)16(13)20/h2-8,10-11,20H,9H2,1H3. The van der Waals surface area contributed by atoms with E-state index in [1.165, 1.54) is 11.6 Å². The van der Waals surface area contributed by atoms with Crippen LogP contribution in [-0.2, 0) is 0 Å². The first-order valence-corrected chi connectivity index (χ1v) is 7.06. The van der Waals surface area contributed by atoms with Crippen LogP contribution in [-0.4, -0.2) is 17.9 Å². The Morgan fingerprint density at radius 3 is 2.60 bits per heavy atom. The summed E-state index contributed by atoms with van der Waals surface area (Å²) >= 11 is 11.8. The van der Waals surface area contributed by atoms with Crippen molar-refractivity contribution in [3.05, 3.63) is 63.6 Å². The molecule has 2 nitrogen and oxygen atoms in total. The van der Waals surface area contributed by atoms with Gasteiger partial charge in [-0.3, -0.25) is 4.99 Å². The van der Waals surface area contributed by atoms with Crippen LogP contribution in [0.25, 0.3) is 0 Å². The molecular weight excluding hydrogens is 293 g/mol. The molecule has 0 amide bonds. The predicted molar refractivity (Wildman–Crippen MR) is 85.4 cm³/mol.